The molecule has 2 N–H and O–H groups in total. The van der Waals surface area contributed by atoms with E-state index >= 15 is 0 Å². The highest BCUT2D eigenvalue weighted by Gasteiger charge is 2.13. The van der Waals surface area contributed by atoms with Crippen molar-refractivity contribution >= 4 is 11.8 Å². The Labute approximate surface area is 94.0 Å². The van der Waals surface area contributed by atoms with Gasteiger partial charge in [-0.25, -0.2) is 4.39 Å². The SMILES string of the molecule is COCCSC(CN)c1ccccc1F. The highest BCUT2D eigenvalue weighted by molar-refractivity contribution is 7.99. The molecule has 1 aromatic carbocycles. The van der Waals surface area contributed by atoms with Crippen LogP contribution in [-0.4, -0.2) is 26.0 Å². The summed E-state index contributed by atoms with van der Waals surface area (Å²) in [6, 6.07) is 6.77. The van der Waals surface area contributed by atoms with Crippen molar-refractivity contribution in [2.75, 3.05) is 26.0 Å². The first-order chi connectivity index (χ1) is 7.29. The van der Waals surface area contributed by atoms with E-state index in [9.17, 15) is 4.39 Å². The minimum atomic E-state index is -0.183. The van der Waals surface area contributed by atoms with E-state index in [4.69, 9.17) is 10.5 Å². The van der Waals surface area contributed by atoms with Gasteiger partial charge >= 0.3 is 0 Å². The molecule has 4 heteroatoms. The molecule has 0 aromatic heterocycles. The molecule has 1 atom stereocenters. The average molecular weight is 229 g/mol. The summed E-state index contributed by atoms with van der Waals surface area (Å²) in [5.74, 6) is 0.644. The number of hydrogen-bond donors (Lipinski definition) is 1. The number of methoxy groups -OCH3 is 1. The van der Waals surface area contributed by atoms with Crippen LogP contribution < -0.4 is 5.73 Å². The zero-order valence-electron chi connectivity index (χ0n) is 8.78. The number of rotatable bonds is 6. The highest BCUT2D eigenvalue weighted by Crippen LogP contribution is 2.29. The van der Waals surface area contributed by atoms with E-state index in [2.05, 4.69) is 0 Å². The van der Waals surface area contributed by atoms with Gasteiger partial charge in [-0.15, -0.1) is 11.8 Å². The van der Waals surface area contributed by atoms with E-state index in [1.165, 1.54) is 6.07 Å². The van der Waals surface area contributed by atoms with E-state index in [1.54, 1.807) is 31.0 Å². The van der Waals surface area contributed by atoms with Crippen LogP contribution >= 0.6 is 11.8 Å². The Hall–Kier alpha value is -0.580. The fourth-order valence-corrected chi connectivity index (χ4v) is 2.35. The molecule has 1 aromatic rings. The third-order valence-corrected chi connectivity index (χ3v) is 3.32. The topological polar surface area (TPSA) is 35.2 Å². The van der Waals surface area contributed by atoms with Crippen molar-refractivity contribution in [2.24, 2.45) is 5.73 Å². The Morgan fingerprint density at radius 1 is 1.47 bits per heavy atom. The number of thioether (sulfide) groups is 1. The number of benzene rings is 1. The van der Waals surface area contributed by atoms with Gasteiger partial charge in [0.2, 0.25) is 0 Å². The van der Waals surface area contributed by atoms with Crippen molar-refractivity contribution in [2.45, 2.75) is 5.25 Å². The van der Waals surface area contributed by atoms with Gasteiger partial charge in [0.15, 0.2) is 0 Å². The Morgan fingerprint density at radius 3 is 2.80 bits per heavy atom. The normalized spacial score (nSPS) is 12.7. The van der Waals surface area contributed by atoms with Gasteiger partial charge in [0.05, 0.1) is 6.61 Å². The van der Waals surface area contributed by atoms with Crippen molar-refractivity contribution in [3.8, 4) is 0 Å². The molecule has 1 rings (SSSR count). The molecule has 15 heavy (non-hydrogen) atoms. The van der Waals surface area contributed by atoms with Crippen LogP contribution in [0.25, 0.3) is 0 Å². The highest BCUT2D eigenvalue weighted by atomic mass is 32.2. The van der Waals surface area contributed by atoms with Crippen LogP contribution in [0.5, 0.6) is 0 Å². The third kappa shape index (κ3) is 3.81. The van der Waals surface area contributed by atoms with Gasteiger partial charge in [-0.1, -0.05) is 18.2 Å². The molecule has 0 saturated carbocycles. The van der Waals surface area contributed by atoms with E-state index < -0.39 is 0 Å². The van der Waals surface area contributed by atoms with Crippen molar-refractivity contribution in [3.05, 3.63) is 35.6 Å². The molecule has 0 radical (unpaired) electrons. The second-order valence-corrected chi connectivity index (χ2v) is 4.42. The van der Waals surface area contributed by atoms with Gasteiger partial charge in [-0.05, 0) is 6.07 Å². The maximum Gasteiger partial charge on any atom is 0.127 e. The molecule has 0 aliphatic heterocycles. The molecule has 2 nitrogen and oxygen atoms in total. The second kappa shape index (κ2) is 6.82. The zero-order valence-corrected chi connectivity index (χ0v) is 9.60. The molecule has 0 aliphatic rings. The largest absolute Gasteiger partial charge is 0.384 e. The van der Waals surface area contributed by atoms with E-state index in [0.717, 1.165) is 5.75 Å². The van der Waals surface area contributed by atoms with Crippen LogP contribution in [0.15, 0.2) is 24.3 Å². The first-order valence-electron chi connectivity index (χ1n) is 4.84. The summed E-state index contributed by atoms with van der Waals surface area (Å²) >= 11 is 1.62. The fourth-order valence-electron chi connectivity index (χ4n) is 1.29. The van der Waals surface area contributed by atoms with Crippen LogP contribution in [0.3, 0.4) is 0 Å². The first kappa shape index (κ1) is 12.5. The number of halogens is 1. The van der Waals surface area contributed by atoms with Crippen molar-refractivity contribution < 1.29 is 9.13 Å². The van der Waals surface area contributed by atoms with Crippen molar-refractivity contribution in [1.29, 1.82) is 0 Å². The smallest absolute Gasteiger partial charge is 0.127 e. The summed E-state index contributed by atoms with van der Waals surface area (Å²) in [6.07, 6.45) is 0. The van der Waals surface area contributed by atoms with Gasteiger partial charge < -0.3 is 10.5 Å². The molecule has 0 heterocycles. The Morgan fingerprint density at radius 2 is 2.20 bits per heavy atom. The summed E-state index contributed by atoms with van der Waals surface area (Å²) in [5.41, 5.74) is 6.31. The van der Waals surface area contributed by atoms with Crippen LogP contribution in [-0.2, 0) is 4.74 Å². The standard InChI is InChI=1S/C11H16FNOS/c1-14-6-7-15-11(8-13)9-4-2-3-5-10(9)12/h2-5,11H,6-8,13H2,1H3. The van der Waals surface area contributed by atoms with Crippen LogP contribution in [0, 0.1) is 5.82 Å². The van der Waals surface area contributed by atoms with Gasteiger partial charge in [0, 0.05) is 30.2 Å². The maximum absolute atomic E-state index is 13.4. The summed E-state index contributed by atoms with van der Waals surface area (Å²) in [6.45, 7) is 1.10. The third-order valence-electron chi connectivity index (χ3n) is 2.07. The molecule has 0 fully saturated rings. The van der Waals surface area contributed by atoms with Gasteiger partial charge in [0.25, 0.3) is 0 Å². The van der Waals surface area contributed by atoms with E-state index in [1.807, 2.05) is 6.07 Å². The predicted octanol–water partition coefficient (Wildman–Crippen LogP) is 2.21. The van der Waals surface area contributed by atoms with Crippen molar-refractivity contribution in [3.63, 3.8) is 0 Å². The maximum atomic E-state index is 13.4. The minimum absolute atomic E-state index is 0.0151. The van der Waals surface area contributed by atoms with Gasteiger partial charge in [0.1, 0.15) is 5.82 Å². The lowest BCUT2D eigenvalue weighted by Crippen LogP contribution is -2.12. The number of nitrogens with two attached hydrogens (primary N) is 1. The molecular formula is C11H16FNOS. The van der Waals surface area contributed by atoms with Gasteiger partial charge in [-0.2, -0.15) is 0 Å². The summed E-state index contributed by atoms with van der Waals surface area (Å²) in [4.78, 5) is 0. The Bertz CT molecular complexity index is 296. The molecule has 0 amide bonds. The summed E-state index contributed by atoms with van der Waals surface area (Å²) in [5, 5.41) is 0.0151. The van der Waals surface area contributed by atoms with Gasteiger partial charge in [-0.3, -0.25) is 0 Å². The molecule has 0 bridgehead atoms. The second-order valence-electron chi connectivity index (χ2n) is 3.11. The monoisotopic (exact) mass is 229 g/mol. The zero-order chi connectivity index (χ0) is 11.1. The molecule has 0 saturated heterocycles. The Kier molecular flexibility index (Phi) is 5.68. The first-order valence-corrected chi connectivity index (χ1v) is 5.89. The molecule has 1 unspecified atom stereocenters. The average Bonchev–Trinajstić information content (AvgIpc) is 2.26. The van der Waals surface area contributed by atoms with E-state index in [0.29, 0.717) is 18.7 Å². The molecule has 0 aliphatic carbocycles. The molecule has 0 spiro atoms. The number of ether oxygens (including phenoxy) is 1. The van der Waals surface area contributed by atoms with E-state index in [-0.39, 0.29) is 11.1 Å². The van der Waals surface area contributed by atoms with Crippen LogP contribution in [0.1, 0.15) is 10.8 Å². The summed E-state index contributed by atoms with van der Waals surface area (Å²) < 4.78 is 18.4. The molecular weight excluding hydrogens is 213 g/mol. The minimum Gasteiger partial charge on any atom is -0.384 e. The summed E-state index contributed by atoms with van der Waals surface area (Å²) in [7, 11) is 1.65. The Balaban J connectivity index is 2.61. The number of hydrogen-bond acceptors (Lipinski definition) is 3. The van der Waals surface area contributed by atoms with Crippen LogP contribution in [0.2, 0.25) is 0 Å². The lowest BCUT2D eigenvalue weighted by atomic mass is 10.1. The lowest BCUT2D eigenvalue weighted by molar-refractivity contribution is 0.218. The van der Waals surface area contributed by atoms with Crippen LogP contribution in [0.4, 0.5) is 4.39 Å². The quantitative estimate of drug-likeness (QED) is 0.760. The molecule has 84 valence electrons. The van der Waals surface area contributed by atoms with Crippen molar-refractivity contribution in [1.82, 2.24) is 0 Å². The predicted molar refractivity (Wildman–Crippen MR) is 62.5 cm³/mol. The lowest BCUT2D eigenvalue weighted by Gasteiger charge is -2.15. The fraction of sp³-hybridized carbons (Fsp3) is 0.455.